The topological polar surface area (TPSA) is 63.7 Å². The number of halogens is 2. The molecule has 1 saturated heterocycles. The van der Waals surface area contributed by atoms with Crippen LogP contribution in [0.1, 0.15) is 54.6 Å². The van der Waals surface area contributed by atoms with Crippen LogP contribution >= 0.6 is 23.2 Å². The molecule has 8 heteroatoms. The van der Waals surface area contributed by atoms with E-state index in [2.05, 4.69) is 13.8 Å². The Labute approximate surface area is 200 Å². The number of sulfone groups is 1. The number of aryl methyl sites for hydroxylation is 1. The van der Waals surface area contributed by atoms with Crippen LogP contribution < -0.4 is 4.74 Å². The molecule has 2 aromatic carbocycles. The van der Waals surface area contributed by atoms with Gasteiger partial charge in [-0.1, -0.05) is 67.7 Å². The van der Waals surface area contributed by atoms with Crippen molar-refractivity contribution in [2.45, 2.75) is 52.1 Å². The molecule has 1 heterocycles. The number of hydrogen-bond acceptors (Lipinski definition) is 4. The van der Waals surface area contributed by atoms with Crippen molar-refractivity contribution >= 4 is 38.9 Å². The Morgan fingerprint density at radius 2 is 1.72 bits per heavy atom. The van der Waals surface area contributed by atoms with Crippen molar-refractivity contribution in [3.63, 3.8) is 0 Å². The van der Waals surface area contributed by atoms with Crippen LogP contribution in [-0.2, 0) is 22.8 Å². The van der Waals surface area contributed by atoms with Gasteiger partial charge in [0.25, 0.3) is 5.91 Å². The Morgan fingerprint density at radius 1 is 1.09 bits per heavy atom. The first kappa shape index (κ1) is 24.9. The van der Waals surface area contributed by atoms with Crippen molar-refractivity contribution in [3.8, 4) is 5.75 Å². The predicted octanol–water partition coefficient (Wildman–Crippen LogP) is 5.56. The lowest BCUT2D eigenvalue weighted by molar-refractivity contribution is 0.0681. The first-order valence-electron chi connectivity index (χ1n) is 10.9. The van der Waals surface area contributed by atoms with Gasteiger partial charge in [-0.15, -0.1) is 0 Å². The van der Waals surface area contributed by atoms with Crippen LogP contribution in [0.25, 0.3) is 0 Å². The number of carbonyl (C=O) groups excluding carboxylic acids is 1. The Balaban J connectivity index is 1.89. The lowest BCUT2D eigenvalue weighted by Crippen LogP contribution is -2.40. The first-order valence-corrected chi connectivity index (χ1v) is 13.5. The number of carbonyl (C=O) groups is 1. The van der Waals surface area contributed by atoms with Gasteiger partial charge in [0.05, 0.1) is 28.2 Å². The van der Waals surface area contributed by atoms with Crippen LogP contribution in [0, 0.1) is 0 Å². The minimum Gasteiger partial charge on any atom is -0.490 e. The molecule has 1 fully saturated rings. The second kappa shape index (κ2) is 10.9. The van der Waals surface area contributed by atoms with Crippen molar-refractivity contribution in [3.05, 3.63) is 63.1 Å². The van der Waals surface area contributed by atoms with E-state index in [4.69, 9.17) is 27.9 Å². The van der Waals surface area contributed by atoms with E-state index in [-0.39, 0.29) is 27.5 Å². The van der Waals surface area contributed by atoms with Crippen molar-refractivity contribution in [1.29, 1.82) is 0 Å². The third-order valence-electron chi connectivity index (χ3n) is 5.68. The number of rotatable bonds is 9. The van der Waals surface area contributed by atoms with E-state index in [1.165, 1.54) is 5.56 Å². The van der Waals surface area contributed by atoms with Gasteiger partial charge >= 0.3 is 0 Å². The molecule has 0 bridgehead atoms. The van der Waals surface area contributed by atoms with Gasteiger partial charge < -0.3 is 9.64 Å². The van der Waals surface area contributed by atoms with E-state index in [0.29, 0.717) is 30.9 Å². The zero-order valence-electron chi connectivity index (χ0n) is 18.4. The molecule has 1 aliphatic rings. The fourth-order valence-electron chi connectivity index (χ4n) is 3.77. The highest BCUT2D eigenvalue weighted by molar-refractivity contribution is 7.91. The normalized spacial score (nSPS) is 17.3. The molecule has 0 aromatic heterocycles. The standard InChI is InChI=1S/C24H29Cl2NO4S/c1-3-5-11-31-23-21(25)13-19(14-22(23)26)24(28)27(20-10-12-32(29,30)16-20)15-18-8-6-17(4-2)7-9-18/h6-9,13-14,20H,3-5,10-12,15-16H2,1-2H3/t20-/m1/s1. The number of amides is 1. The molecule has 32 heavy (non-hydrogen) atoms. The van der Waals surface area contributed by atoms with Gasteiger partial charge in [-0.2, -0.15) is 0 Å². The highest BCUT2D eigenvalue weighted by Gasteiger charge is 2.35. The number of hydrogen-bond donors (Lipinski definition) is 0. The van der Waals surface area contributed by atoms with E-state index in [1.54, 1.807) is 17.0 Å². The second-order valence-electron chi connectivity index (χ2n) is 8.13. The highest BCUT2D eigenvalue weighted by atomic mass is 35.5. The van der Waals surface area contributed by atoms with E-state index in [9.17, 15) is 13.2 Å². The molecule has 1 atom stereocenters. The maximum atomic E-state index is 13.5. The summed E-state index contributed by atoms with van der Waals surface area (Å²) in [5.74, 6) is 0.118. The van der Waals surface area contributed by atoms with Crippen molar-refractivity contribution in [2.24, 2.45) is 0 Å². The molecule has 0 unspecified atom stereocenters. The molecular formula is C24H29Cl2NO4S. The molecule has 0 spiro atoms. The van der Waals surface area contributed by atoms with Gasteiger partial charge in [-0.25, -0.2) is 8.42 Å². The maximum absolute atomic E-state index is 13.5. The van der Waals surface area contributed by atoms with Gasteiger partial charge in [0.1, 0.15) is 0 Å². The molecule has 5 nitrogen and oxygen atoms in total. The van der Waals surface area contributed by atoms with E-state index >= 15 is 0 Å². The molecule has 0 radical (unpaired) electrons. The smallest absolute Gasteiger partial charge is 0.254 e. The molecular weight excluding hydrogens is 469 g/mol. The summed E-state index contributed by atoms with van der Waals surface area (Å²) in [7, 11) is -3.16. The largest absolute Gasteiger partial charge is 0.490 e. The van der Waals surface area contributed by atoms with Crippen LogP contribution in [0.15, 0.2) is 36.4 Å². The van der Waals surface area contributed by atoms with E-state index in [1.807, 2.05) is 24.3 Å². The van der Waals surface area contributed by atoms with Crippen molar-refractivity contribution < 1.29 is 17.9 Å². The predicted molar refractivity (Wildman–Crippen MR) is 130 cm³/mol. The Morgan fingerprint density at radius 3 is 2.25 bits per heavy atom. The lowest BCUT2D eigenvalue weighted by atomic mass is 10.1. The summed E-state index contributed by atoms with van der Waals surface area (Å²) < 4.78 is 29.9. The highest BCUT2D eigenvalue weighted by Crippen LogP contribution is 2.35. The van der Waals surface area contributed by atoms with Crippen LogP contribution in [0.2, 0.25) is 10.0 Å². The molecule has 174 valence electrons. The van der Waals surface area contributed by atoms with Crippen LogP contribution in [-0.4, -0.2) is 43.4 Å². The molecule has 3 rings (SSSR count). The third-order valence-corrected chi connectivity index (χ3v) is 8.00. The Hall–Kier alpha value is -1.76. The second-order valence-corrected chi connectivity index (χ2v) is 11.2. The van der Waals surface area contributed by atoms with Gasteiger partial charge in [0, 0.05) is 18.2 Å². The SMILES string of the molecule is CCCCOc1c(Cl)cc(C(=O)N(Cc2ccc(CC)cc2)[C@@H]2CCS(=O)(=O)C2)cc1Cl. The van der Waals surface area contributed by atoms with Crippen LogP contribution in [0.3, 0.4) is 0 Å². The first-order chi connectivity index (χ1) is 15.2. The summed E-state index contributed by atoms with van der Waals surface area (Å²) >= 11 is 12.8. The fraction of sp³-hybridized carbons (Fsp3) is 0.458. The monoisotopic (exact) mass is 497 g/mol. The number of nitrogens with zero attached hydrogens (tertiary/aromatic N) is 1. The number of ether oxygens (including phenoxy) is 1. The minimum absolute atomic E-state index is 0.0362. The number of unbranched alkanes of at least 4 members (excludes halogenated alkanes) is 1. The minimum atomic E-state index is -3.16. The number of benzene rings is 2. The van der Waals surface area contributed by atoms with Crippen LogP contribution in [0.5, 0.6) is 5.75 Å². The zero-order chi connectivity index (χ0) is 23.3. The quantitative estimate of drug-likeness (QED) is 0.425. The van der Waals surface area contributed by atoms with Crippen molar-refractivity contribution in [1.82, 2.24) is 4.90 Å². The summed E-state index contributed by atoms with van der Waals surface area (Å²) in [6.07, 6.45) is 3.19. The van der Waals surface area contributed by atoms with Gasteiger partial charge in [-0.3, -0.25) is 4.79 Å². The van der Waals surface area contributed by atoms with Gasteiger partial charge in [0.15, 0.2) is 15.6 Å². The summed E-state index contributed by atoms with van der Waals surface area (Å²) in [5.41, 5.74) is 2.46. The Bertz CT molecular complexity index is 1030. The Kier molecular flexibility index (Phi) is 8.48. The summed E-state index contributed by atoms with van der Waals surface area (Å²) in [6.45, 7) is 4.94. The van der Waals surface area contributed by atoms with Gasteiger partial charge in [-0.05, 0) is 42.5 Å². The zero-order valence-corrected chi connectivity index (χ0v) is 20.8. The molecule has 0 N–H and O–H groups in total. The molecule has 0 aliphatic carbocycles. The molecule has 2 aromatic rings. The van der Waals surface area contributed by atoms with Crippen molar-refractivity contribution in [2.75, 3.05) is 18.1 Å². The summed E-state index contributed by atoms with van der Waals surface area (Å²) in [4.78, 5) is 15.1. The van der Waals surface area contributed by atoms with Gasteiger partial charge in [0.2, 0.25) is 0 Å². The lowest BCUT2D eigenvalue weighted by Gasteiger charge is -2.29. The average molecular weight is 498 g/mol. The average Bonchev–Trinajstić information content (AvgIpc) is 3.13. The van der Waals surface area contributed by atoms with Crippen LogP contribution in [0.4, 0.5) is 0 Å². The molecule has 1 amide bonds. The van der Waals surface area contributed by atoms with E-state index < -0.39 is 15.9 Å². The third kappa shape index (κ3) is 6.18. The molecule has 0 saturated carbocycles. The molecule has 1 aliphatic heterocycles. The summed E-state index contributed by atoms with van der Waals surface area (Å²) in [5, 5.41) is 0.534. The maximum Gasteiger partial charge on any atom is 0.254 e. The fourth-order valence-corrected chi connectivity index (χ4v) is 6.10. The van der Waals surface area contributed by atoms with E-state index in [0.717, 1.165) is 24.8 Å². The summed E-state index contributed by atoms with van der Waals surface area (Å²) in [6, 6.07) is 10.7.